The highest BCUT2D eigenvalue weighted by molar-refractivity contribution is 7.92. The Morgan fingerprint density at radius 3 is 2.10 bits per heavy atom. The third-order valence-corrected chi connectivity index (χ3v) is 9.17. The van der Waals surface area contributed by atoms with E-state index in [0.717, 1.165) is 12.1 Å². The van der Waals surface area contributed by atoms with E-state index in [-0.39, 0.29) is 41.5 Å². The predicted octanol–water partition coefficient (Wildman–Crippen LogP) is 2.47. The minimum atomic E-state index is -3.89. The molecule has 29 heavy (non-hydrogen) atoms. The molecule has 0 bridgehead atoms. The first-order valence-electron chi connectivity index (χ1n) is 8.92. The molecule has 1 fully saturated rings. The molecule has 1 heterocycles. The maximum atomic E-state index is 13.1. The van der Waals surface area contributed by atoms with Crippen LogP contribution in [0.15, 0.2) is 52.3 Å². The van der Waals surface area contributed by atoms with Gasteiger partial charge >= 0.3 is 0 Å². The third-order valence-electron chi connectivity index (χ3n) is 4.97. The monoisotopic (exact) mass is 443 g/mol. The summed E-state index contributed by atoms with van der Waals surface area (Å²) in [6, 6.07) is 9.15. The Balaban J connectivity index is 1.81. The average Bonchev–Trinajstić information content (AvgIpc) is 2.73. The summed E-state index contributed by atoms with van der Waals surface area (Å²) >= 11 is 0. The zero-order chi connectivity index (χ0) is 21.2. The highest BCUT2D eigenvalue weighted by Crippen LogP contribution is 2.33. The molecule has 0 aromatic heterocycles. The molecule has 0 unspecified atom stereocenters. The fourth-order valence-electron chi connectivity index (χ4n) is 3.32. The van der Waals surface area contributed by atoms with Gasteiger partial charge in [0.15, 0.2) is 9.84 Å². The molecule has 2 aromatic carbocycles. The van der Waals surface area contributed by atoms with Gasteiger partial charge in [-0.1, -0.05) is 0 Å². The Kier molecular flexibility index (Phi) is 6.16. The predicted molar refractivity (Wildman–Crippen MR) is 105 cm³/mol. The lowest BCUT2D eigenvalue weighted by molar-refractivity contribution is 0.341. The van der Waals surface area contributed by atoms with Crippen molar-refractivity contribution in [3.8, 4) is 11.5 Å². The van der Waals surface area contributed by atoms with Crippen LogP contribution in [-0.2, 0) is 19.9 Å². The molecule has 0 spiro atoms. The van der Waals surface area contributed by atoms with Crippen LogP contribution in [0.3, 0.4) is 0 Å². The van der Waals surface area contributed by atoms with Crippen LogP contribution in [0.5, 0.6) is 11.5 Å². The van der Waals surface area contributed by atoms with Crippen molar-refractivity contribution in [2.75, 3.05) is 27.3 Å². The molecule has 10 heteroatoms. The summed E-state index contributed by atoms with van der Waals surface area (Å²) in [7, 11) is -4.75. The number of methoxy groups -OCH3 is 2. The van der Waals surface area contributed by atoms with Crippen LogP contribution in [0, 0.1) is 5.82 Å². The highest BCUT2D eigenvalue weighted by atomic mass is 32.2. The topological polar surface area (TPSA) is 90.0 Å². The fraction of sp³-hybridized carbons (Fsp3) is 0.368. The van der Waals surface area contributed by atoms with Gasteiger partial charge in [-0.3, -0.25) is 0 Å². The first-order valence-corrected chi connectivity index (χ1v) is 11.9. The Hall–Kier alpha value is -2.17. The van der Waals surface area contributed by atoms with Crippen molar-refractivity contribution in [3.63, 3.8) is 0 Å². The maximum absolute atomic E-state index is 13.1. The molecule has 3 rings (SSSR count). The second kappa shape index (κ2) is 8.29. The number of piperidine rings is 1. The number of rotatable bonds is 6. The number of hydrogen-bond donors (Lipinski definition) is 0. The first kappa shape index (κ1) is 21.5. The van der Waals surface area contributed by atoms with E-state index in [0.29, 0.717) is 5.75 Å². The fourth-order valence-corrected chi connectivity index (χ4v) is 6.70. The van der Waals surface area contributed by atoms with Crippen molar-refractivity contribution in [3.05, 3.63) is 48.3 Å². The minimum Gasteiger partial charge on any atom is -0.497 e. The maximum Gasteiger partial charge on any atom is 0.246 e. The molecule has 158 valence electrons. The van der Waals surface area contributed by atoms with Crippen molar-refractivity contribution in [2.24, 2.45) is 0 Å². The zero-order valence-electron chi connectivity index (χ0n) is 16.0. The van der Waals surface area contributed by atoms with Crippen LogP contribution in [0.4, 0.5) is 4.39 Å². The van der Waals surface area contributed by atoms with E-state index >= 15 is 0 Å². The number of sulfone groups is 1. The van der Waals surface area contributed by atoms with Gasteiger partial charge in [0.05, 0.1) is 24.4 Å². The normalized spacial score (nSPS) is 16.5. The Labute approximate surface area is 170 Å². The van der Waals surface area contributed by atoms with Gasteiger partial charge in [-0.05, 0) is 49.2 Å². The summed E-state index contributed by atoms with van der Waals surface area (Å²) < 4.78 is 76.4. The molecule has 1 aliphatic rings. The van der Waals surface area contributed by atoms with E-state index in [2.05, 4.69) is 0 Å². The van der Waals surface area contributed by atoms with Crippen LogP contribution < -0.4 is 9.47 Å². The zero-order valence-corrected chi connectivity index (χ0v) is 17.7. The van der Waals surface area contributed by atoms with Crippen LogP contribution >= 0.6 is 0 Å². The molecule has 0 N–H and O–H groups in total. The molecule has 1 saturated heterocycles. The number of hydrogen-bond acceptors (Lipinski definition) is 6. The van der Waals surface area contributed by atoms with Crippen molar-refractivity contribution >= 4 is 19.9 Å². The Bertz CT molecular complexity index is 1080. The van der Waals surface area contributed by atoms with Crippen molar-refractivity contribution in [2.45, 2.75) is 27.9 Å². The second-order valence-corrected chi connectivity index (χ2v) is 10.8. The summed E-state index contributed by atoms with van der Waals surface area (Å²) in [5.41, 5.74) is 0. The van der Waals surface area contributed by atoms with Crippen LogP contribution in [0.1, 0.15) is 12.8 Å². The molecule has 0 aliphatic carbocycles. The lowest BCUT2D eigenvalue weighted by Gasteiger charge is -2.31. The molecule has 0 amide bonds. The van der Waals surface area contributed by atoms with Crippen molar-refractivity contribution < 1.29 is 30.7 Å². The van der Waals surface area contributed by atoms with Gasteiger partial charge in [-0.15, -0.1) is 0 Å². The second-order valence-electron chi connectivity index (χ2n) is 6.62. The summed E-state index contributed by atoms with van der Waals surface area (Å²) in [6.45, 7) is 0.0988. The minimum absolute atomic E-state index is 0.0285. The van der Waals surface area contributed by atoms with E-state index < -0.39 is 30.9 Å². The van der Waals surface area contributed by atoms with Gasteiger partial charge in [0.2, 0.25) is 10.0 Å². The van der Waals surface area contributed by atoms with Gasteiger partial charge in [-0.25, -0.2) is 21.2 Å². The highest BCUT2D eigenvalue weighted by Gasteiger charge is 2.36. The summed E-state index contributed by atoms with van der Waals surface area (Å²) in [6.07, 6.45) is 0.288. The SMILES string of the molecule is COc1ccc(OC)c(S(=O)(=O)N2CCC(S(=O)(=O)c3ccc(F)cc3)CC2)c1. The molecule has 7 nitrogen and oxygen atoms in total. The lowest BCUT2D eigenvalue weighted by Crippen LogP contribution is -2.42. The van der Waals surface area contributed by atoms with Crippen molar-refractivity contribution in [1.82, 2.24) is 4.31 Å². The number of halogens is 1. The van der Waals surface area contributed by atoms with Gasteiger partial charge in [0.25, 0.3) is 0 Å². The van der Waals surface area contributed by atoms with Crippen molar-refractivity contribution in [1.29, 1.82) is 0 Å². The first-order chi connectivity index (χ1) is 13.7. The quantitative estimate of drug-likeness (QED) is 0.637. The van der Waals surface area contributed by atoms with Crippen LogP contribution in [-0.4, -0.2) is 53.7 Å². The standard InChI is InChI=1S/C19H22FNO6S2/c1-26-15-5-8-18(27-2)19(13-15)29(24,25)21-11-9-17(10-12-21)28(22,23)16-6-3-14(20)4-7-16/h3-8,13,17H,9-12H2,1-2H3. The van der Waals surface area contributed by atoms with Gasteiger partial charge in [0, 0.05) is 19.2 Å². The summed E-state index contributed by atoms with van der Waals surface area (Å²) in [5.74, 6) is 0.0436. The van der Waals surface area contributed by atoms with Gasteiger partial charge < -0.3 is 9.47 Å². The summed E-state index contributed by atoms with van der Waals surface area (Å²) in [4.78, 5) is 0.00821. The van der Waals surface area contributed by atoms with E-state index in [9.17, 15) is 21.2 Å². The van der Waals surface area contributed by atoms with Crippen LogP contribution in [0.25, 0.3) is 0 Å². The Morgan fingerprint density at radius 1 is 0.931 bits per heavy atom. The molecule has 0 saturated carbocycles. The molecule has 0 atom stereocenters. The van der Waals surface area contributed by atoms with Gasteiger partial charge in [0.1, 0.15) is 22.2 Å². The number of ether oxygens (including phenoxy) is 2. The smallest absolute Gasteiger partial charge is 0.246 e. The molecular weight excluding hydrogens is 421 g/mol. The summed E-state index contributed by atoms with van der Waals surface area (Å²) in [5, 5.41) is -0.730. The Morgan fingerprint density at radius 2 is 1.55 bits per heavy atom. The molecule has 0 radical (unpaired) electrons. The van der Waals surface area contributed by atoms with E-state index in [1.165, 1.54) is 42.8 Å². The number of benzene rings is 2. The molecule has 1 aliphatic heterocycles. The van der Waals surface area contributed by atoms with Crippen LogP contribution in [0.2, 0.25) is 0 Å². The molecular formula is C19H22FNO6S2. The van der Waals surface area contributed by atoms with E-state index in [4.69, 9.17) is 9.47 Å². The van der Waals surface area contributed by atoms with E-state index in [1.54, 1.807) is 6.07 Å². The largest absolute Gasteiger partial charge is 0.497 e. The number of sulfonamides is 1. The lowest BCUT2D eigenvalue weighted by atomic mass is 10.2. The van der Waals surface area contributed by atoms with E-state index in [1.807, 2.05) is 0 Å². The number of nitrogens with zero attached hydrogens (tertiary/aromatic N) is 1. The molecule has 2 aromatic rings. The third kappa shape index (κ3) is 4.24. The average molecular weight is 444 g/mol. The van der Waals surface area contributed by atoms with Gasteiger partial charge in [-0.2, -0.15) is 4.31 Å².